The fraction of sp³-hybridized carbons (Fsp3) is 0.500. The lowest BCUT2D eigenvalue weighted by Gasteiger charge is -2.20. The van der Waals surface area contributed by atoms with Crippen molar-refractivity contribution in [3.63, 3.8) is 0 Å². The summed E-state index contributed by atoms with van der Waals surface area (Å²) in [6.07, 6.45) is 0.916. The van der Waals surface area contributed by atoms with Crippen LogP contribution in [-0.2, 0) is 15.9 Å². The molecule has 2 aromatic heterocycles. The molecular formula is C22H29N3O4. The third-order valence-corrected chi connectivity index (χ3v) is 4.73. The first-order chi connectivity index (χ1) is 13.7. The van der Waals surface area contributed by atoms with Gasteiger partial charge >= 0.3 is 6.16 Å². The third kappa shape index (κ3) is 4.44. The number of fused-ring (bicyclic) bond motifs is 3. The van der Waals surface area contributed by atoms with Crippen molar-refractivity contribution in [2.75, 3.05) is 6.79 Å². The molecule has 3 aromatic rings. The number of hydrogen-bond donors (Lipinski definition) is 0. The van der Waals surface area contributed by atoms with Crippen molar-refractivity contribution in [1.29, 1.82) is 0 Å². The largest absolute Gasteiger partial charge is 0.511 e. The SMILES string of the molecule is CCc1c(C(C)CC)nc2nc3ccccc3n2c1OCOC(=O)OC(C)(C)C. The van der Waals surface area contributed by atoms with E-state index in [1.807, 2.05) is 28.7 Å². The van der Waals surface area contributed by atoms with Crippen LogP contribution in [-0.4, -0.2) is 32.9 Å². The van der Waals surface area contributed by atoms with Crippen molar-refractivity contribution in [2.24, 2.45) is 0 Å². The van der Waals surface area contributed by atoms with Gasteiger partial charge in [0, 0.05) is 5.56 Å². The second kappa shape index (κ2) is 8.27. The van der Waals surface area contributed by atoms with E-state index >= 15 is 0 Å². The van der Waals surface area contributed by atoms with Gasteiger partial charge in [0.05, 0.1) is 16.7 Å². The van der Waals surface area contributed by atoms with E-state index in [4.69, 9.17) is 19.2 Å². The van der Waals surface area contributed by atoms with Crippen molar-refractivity contribution in [1.82, 2.24) is 14.4 Å². The molecule has 0 saturated carbocycles. The number of carbonyl (C=O) groups is 1. The molecule has 29 heavy (non-hydrogen) atoms. The minimum atomic E-state index is -0.765. The molecular weight excluding hydrogens is 370 g/mol. The minimum Gasteiger partial charge on any atom is -0.441 e. The zero-order chi connectivity index (χ0) is 21.2. The molecule has 0 aliphatic rings. The van der Waals surface area contributed by atoms with Gasteiger partial charge in [0.15, 0.2) is 0 Å². The molecule has 0 fully saturated rings. The Morgan fingerprint density at radius 2 is 1.90 bits per heavy atom. The van der Waals surface area contributed by atoms with Gasteiger partial charge in [0.2, 0.25) is 18.5 Å². The van der Waals surface area contributed by atoms with E-state index in [9.17, 15) is 4.79 Å². The number of rotatable bonds is 6. The fourth-order valence-electron chi connectivity index (χ4n) is 3.21. The van der Waals surface area contributed by atoms with Gasteiger partial charge in [-0.3, -0.25) is 0 Å². The van der Waals surface area contributed by atoms with Crippen LogP contribution >= 0.6 is 0 Å². The van der Waals surface area contributed by atoms with Gasteiger partial charge in [-0.05, 0) is 51.7 Å². The van der Waals surface area contributed by atoms with Gasteiger partial charge in [-0.2, -0.15) is 0 Å². The average Bonchev–Trinajstić information content (AvgIpc) is 3.03. The molecule has 0 spiro atoms. The zero-order valence-corrected chi connectivity index (χ0v) is 18.0. The molecule has 0 bridgehead atoms. The Kier molecular flexibility index (Phi) is 5.96. The highest BCUT2D eigenvalue weighted by Gasteiger charge is 2.22. The molecule has 0 radical (unpaired) electrons. The number of ether oxygens (including phenoxy) is 3. The van der Waals surface area contributed by atoms with Crippen molar-refractivity contribution in [2.45, 2.75) is 65.9 Å². The molecule has 3 rings (SSSR count). The van der Waals surface area contributed by atoms with Gasteiger partial charge in [-0.15, -0.1) is 0 Å². The van der Waals surface area contributed by atoms with Crippen molar-refractivity contribution < 1.29 is 19.0 Å². The smallest absolute Gasteiger partial charge is 0.441 e. The number of para-hydroxylation sites is 2. The molecule has 0 N–H and O–H groups in total. The van der Waals surface area contributed by atoms with E-state index in [1.165, 1.54) is 0 Å². The summed E-state index contributed by atoms with van der Waals surface area (Å²) in [7, 11) is 0. The summed E-state index contributed by atoms with van der Waals surface area (Å²) in [5.41, 5.74) is 3.06. The van der Waals surface area contributed by atoms with Gasteiger partial charge in [-0.25, -0.2) is 19.2 Å². The summed E-state index contributed by atoms with van der Waals surface area (Å²) in [6.45, 7) is 11.4. The maximum Gasteiger partial charge on any atom is 0.511 e. The Labute approximate surface area is 171 Å². The highest BCUT2D eigenvalue weighted by molar-refractivity contribution is 5.80. The predicted molar refractivity (Wildman–Crippen MR) is 111 cm³/mol. The summed E-state index contributed by atoms with van der Waals surface area (Å²) >= 11 is 0. The Morgan fingerprint density at radius 1 is 1.17 bits per heavy atom. The fourth-order valence-corrected chi connectivity index (χ4v) is 3.21. The Morgan fingerprint density at radius 3 is 2.55 bits per heavy atom. The molecule has 7 nitrogen and oxygen atoms in total. The summed E-state index contributed by atoms with van der Waals surface area (Å²) < 4.78 is 18.2. The third-order valence-electron chi connectivity index (χ3n) is 4.73. The molecule has 1 aromatic carbocycles. The molecule has 1 atom stereocenters. The van der Waals surface area contributed by atoms with Gasteiger partial charge in [0.1, 0.15) is 5.60 Å². The Balaban J connectivity index is 2.03. The first kappa shape index (κ1) is 20.9. The molecule has 156 valence electrons. The van der Waals surface area contributed by atoms with Crippen LogP contribution in [0.5, 0.6) is 5.88 Å². The summed E-state index contributed by atoms with van der Waals surface area (Å²) in [5.74, 6) is 1.43. The zero-order valence-electron chi connectivity index (χ0n) is 18.0. The van der Waals surface area contributed by atoms with Crippen LogP contribution in [0, 0.1) is 0 Å². The molecule has 0 aliphatic heterocycles. The van der Waals surface area contributed by atoms with E-state index < -0.39 is 11.8 Å². The average molecular weight is 399 g/mol. The number of benzene rings is 1. The number of carbonyl (C=O) groups excluding carboxylic acids is 1. The first-order valence-corrected chi connectivity index (χ1v) is 10.0. The summed E-state index contributed by atoms with van der Waals surface area (Å²) in [5, 5.41) is 0. The molecule has 0 amide bonds. The Hall–Kier alpha value is -2.83. The molecule has 7 heteroatoms. The van der Waals surface area contributed by atoms with Crippen LogP contribution in [0.2, 0.25) is 0 Å². The van der Waals surface area contributed by atoms with Crippen LogP contribution < -0.4 is 4.74 Å². The van der Waals surface area contributed by atoms with E-state index in [0.717, 1.165) is 35.1 Å². The molecule has 2 heterocycles. The lowest BCUT2D eigenvalue weighted by molar-refractivity contribution is -0.0373. The normalized spacial score (nSPS) is 12.9. The van der Waals surface area contributed by atoms with E-state index in [2.05, 4.69) is 25.8 Å². The van der Waals surface area contributed by atoms with Crippen LogP contribution in [0.1, 0.15) is 65.1 Å². The highest BCUT2D eigenvalue weighted by atomic mass is 16.8. The molecule has 1 unspecified atom stereocenters. The van der Waals surface area contributed by atoms with Gasteiger partial charge in [-0.1, -0.05) is 32.9 Å². The molecule has 0 saturated heterocycles. The number of hydrogen-bond acceptors (Lipinski definition) is 6. The first-order valence-electron chi connectivity index (χ1n) is 10.0. The standard InChI is InChI=1S/C22H29N3O4/c1-7-14(3)18-15(8-2)19(27-13-28-21(26)29-22(4,5)6)25-17-12-10-9-11-16(17)23-20(25)24-18/h9-12,14H,7-8,13H2,1-6H3. The monoisotopic (exact) mass is 399 g/mol. The van der Waals surface area contributed by atoms with Gasteiger partial charge in [0.25, 0.3) is 0 Å². The van der Waals surface area contributed by atoms with Crippen LogP contribution in [0.15, 0.2) is 24.3 Å². The maximum absolute atomic E-state index is 11.9. The van der Waals surface area contributed by atoms with Crippen LogP contribution in [0.4, 0.5) is 4.79 Å². The summed E-state index contributed by atoms with van der Waals surface area (Å²) in [4.78, 5) is 21.4. The molecule has 0 aliphatic carbocycles. The second-order valence-electron chi connectivity index (χ2n) is 8.05. The van der Waals surface area contributed by atoms with Crippen molar-refractivity contribution >= 4 is 23.0 Å². The second-order valence-corrected chi connectivity index (χ2v) is 8.05. The van der Waals surface area contributed by atoms with Crippen molar-refractivity contribution in [3.05, 3.63) is 35.5 Å². The highest BCUT2D eigenvalue weighted by Crippen LogP contribution is 2.32. The number of imidazole rings is 1. The lowest BCUT2D eigenvalue weighted by Crippen LogP contribution is -2.25. The summed E-state index contributed by atoms with van der Waals surface area (Å²) in [6, 6.07) is 7.81. The number of aromatic nitrogens is 3. The van der Waals surface area contributed by atoms with E-state index in [-0.39, 0.29) is 12.7 Å². The maximum atomic E-state index is 11.9. The lowest BCUT2D eigenvalue weighted by atomic mass is 9.99. The Bertz CT molecular complexity index is 1020. The van der Waals surface area contributed by atoms with E-state index in [1.54, 1.807) is 20.8 Å². The quantitative estimate of drug-likeness (QED) is 0.416. The minimum absolute atomic E-state index is 0.254. The van der Waals surface area contributed by atoms with E-state index in [0.29, 0.717) is 11.7 Å². The van der Waals surface area contributed by atoms with Crippen molar-refractivity contribution in [3.8, 4) is 5.88 Å². The van der Waals surface area contributed by atoms with Crippen LogP contribution in [0.25, 0.3) is 16.8 Å². The number of nitrogens with zero attached hydrogens (tertiary/aromatic N) is 3. The predicted octanol–water partition coefficient (Wildman–Crippen LogP) is 5.25. The topological polar surface area (TPSA) is 75.0 Å². The van der Waals surface area contributed by atoms with Gasteiger partial charge < -0.3 is 14.2 Å². The van der Waals surface area contributed by atoms with Crippen LogP contribution in [0.3, 0.4) is 0 Å².